The monoisotopic (exact) mass is 518 g/mol. The second-order valence-electron chi connectivity index (χ2n) is 8.49. The van der Waals surface area contributed by atoms with Gasteiger partial charge in [0.2, 0.25) is 5.88 Å². The van der Waals surface area contributed by atoms with Crippen LogP contribution < -0.4 is 24.7 Å². The Balaban J connectivity index is 1.57. The molecule has 7 nitrogen and oxygen atoms in total. The number of esters is 1. The summed E-state index contributed by atoms with van der Waals surface area (Å²) in [5, 5.41) is 10.1. The van der Waals surface area contributed by atoms with Crippen LogP contribution in [-0.2, 0) is 0 Å². The predicted molar refractivity (Wildman–Crippen MR) is 140 cm³/mol. The van der Waals surface area contributed by atoms with E-state index < -0.39 is 11.9 Å². The molecule has 1 aliphatic heterocycles. The van der Waals surface area contributed by atoms with Gasteiger partial charge in [-0.05, 0) is 48.4 Å². The van der Waals surface area contributed by atoms with E-state index in [1.54, 1.807) is 30.3 Å². The summed E-state index contributed by atoms with van der Waals surface area (Å²) in [6.07, 6.45) is 3.26. The Labute approximate surface area is 221 Å². The van der Waals surface area contributed by atoms with Crippen molar-refractivity contribution in [2.75, 3.05) is 13.7 Å². The van der Waals surface area contributed by atoms with Crippen LogP contribution in [0.4, 0.5) is 0 Å². The smallest absolute Gasteiger partial charge is 0.343 e. The van der Waals surface area contributed by atoms with Crippen molar-refractivity contribution in [1.82, 2.24) is 0 Å². The van der Waals surface area contributed by atoms with Crippen molar-refractivity contribution in [3.05, 3.63) is 93.8 Å². The molecule has 37 heavy (non-hydrogen) atoms. The lowest BCUT2D eigenvalue weighted by Crippen LogP contribution is -2.21. The second kappa shape index (κ2) is 11.7. The number of nitrogens with two attached hydrogens (primary N) is 1. The van der Waals surface area contributed by atoms with Gasteiger partial charge in [0.05, 0.1) is 30.2 Å². The van der Waals surface area contributed by atoms with Crippen molar-refractivity contribution >= 4 is 17.6 Å². The van der Waals surface area contributed by atoms with Crippen molar-refractivity contribution in [3.8, 4) is 29.1 Å². The Bertz CT molecular complexity index is 1360. The molecule has 0 radical (unpaired) electrons. The molecule has 0 saturated carbocycles. The third kappa shape index (κ3) is 5.82. The molecule has 3 aromatic carbocycles. The number of fused-ring (bicyclic) bond motifs is 1. The fraction of sp³-hybridized carbons (Fsp3) is 0.241. The molecular weight excluding hydrogens is 492 g/mol. The van der Waals surface area contributed by atoms with E-state index in [0.717, 1.165) is 36.1 Å². The molecule has 0 saturated heterocycles. The van der Waals surface area contributed by atoms with Crippen molar-refractivity contribution in [2.45, 2.75) is 32.1 Å². The maximum atomic E-state index is 12.7. The predicted octanol–water partition coefficient (Wildman–Crippen LogP) is 6.35. The number of rotatable bonds is 9. The van der Waals surface area contributed by atoms with Crippen molar-refractivity contribution in [2.24, 2.45) is 5.73 Å². The number of ether oxygens (including phenoxy) is 4. The molecule has 2 N–H and O–H groups in total. The van der Waals surface area contributed by atoms with Gasteiger partial charge in [-0.2, -0.15) is 5.26 Å². The van der Waals surface area contributed by atoms with Crippen molar-refractivity contribution in [1.29, 1.82) is 5.26 Å². The Kier molecular flexibility index (Phi) is 8.22. The van der Waals surface area contributed by atoms with Gasteiger partial charge in [-0.3, -0.25) is 0 Å². The first-order valence-corrected chi connectivity index (χ1v) is 12.3. The zero-order valence-electron chi connectivity index (χ0n) is 20.6. The molecule has 1 aliphatic rings. The van der Waals surface area contributed by atoms with Crippen LogP contribution in [0, 0.1) is 11.3 Å². The minimum Gasteiger partial charge on any atom is -0.495 e. The van der Waals surface area contributed by atoms with E-state index in [1.807, 2.05) is 24.3 Å². The van der Waals surface area contributed by atoms with Gasteiger partial charge in [-0.25, -0.2) is 4.79 Å². The third-order valence-electron chi connectivity index (χ3n) is 6.02. The summed E-state index contributed by atoms with van der Waals surface area (Å²) in [5.41, 5.74) is 8.29. The molecule has 0 fully saturated rings. The van der Waals surface area contributed by atoms with Crippen LogP contribution in [-0.4, -0.2) is 19.7 Å². The molecule has 0 spiro atoms. The van der Waals surface area contributed by atoms with E-state index >= 15 is 0 Å². The summed E-state index contributed by atoms with van der Waals surface area (Å²) in [5.74, 6) is 0.866. The topological polar surface area (TPSA) is 104 Å². The Hall–Kier alpha value is -4.15. The molecule has 4 rings (SSSR count). The molecule has 0 bridgehead atoms. The molecule has 0 aliphatic carbocycles. The minimum absolute atomic E-state index is 0.00491. The van der Waals surface area contributed by atoms with Gasteiger partial charge in [-0.15, -0.1) is 0 Å². The third-order valence-corrected chi connectivity index (χ3v) is 6.31. The van der Waals surface area contributed by atoms with Crippen LogP contribution >= 0.6 is 11.6 Å². The molecule has 8 heteroatoms. The van der Waals surface area contributed by atoms with Crippen LogP contribution in [0.15, 0.2) is 72.1 Å². The van der Waals surface area contributed by atoms with E-state index in [0.29, 0.717) is 28.7 Å². The number of carbonyl (C=O) groups is 1. The van der Waals surface area contributed by atoms with Crippen LogP contribution in [0.5, 0.6) is 23.0 Å². The average Bonchev–Trinajstić information content (AvgIpc) is 2.90. The summed E-state index contributed by atoms with van der Waals surface area (Å²) in [6.45, 7) is 2.81. The number of hydrogen-bond donors (Lipinski definition) is 1. The number of nitriles is 1. The number of halogens is 1. The van der Waals surface area contributed by atoms with Crippen LogP contribution in [0.25, 0.3) is 0 Å². The van der Waals surface area contributed by atoms with E-state index in [2.05, 4.69) is 13.0 Å². The molecule has 0 aromatic heterocycles. The van der Waals surface area contributed by atoms with Crippen LogP contribution in [0.1, 0.15) is 53.6 Å². The number of carbonyl (C=O) groups excluding carboxylic acids is 1. The van der Waals surface area contributed by atoms with E-state index in [9.17, 15) is 10.1 Å². The summed E-state index contributed by atoms with van der Waals surface area (Å²) < 4.78 is 22.2. The summed E-state index contributed by atoms with van der Waals surface area (Å²) in [4.78, 5) is 12.7. The van der Waals surface area contributed by atoms with E-state index in [-0.39, 0.29) is 17.2 Å². The molecule has 1 atom stereocenters. The summed E-state index contributed by atoms with van der Waals surface area (Å²) in [6, 6.07) is 19.4. The Morgan fingerprint density at radius 2 is 1.84 bits per heavy atom. The number of hydrogen-bond acceptors (Lipinski definition) is 7. The van der Waals surface area contributed by atoms with E-state index in [1.165, 1.54) is 13.2 Å². The molecule has 1 heterocycles. The van der Waals surface area contributed by atoms with Gasteiger partial charge in [-0.1, -0.05) is 49.6 Å². The number of benzene rings is 3. The second-order valence-corrected chi connectivity index (χ2v) is 8.90. The zero-order valence-corrected chi connectivity index (χ0v) is 21.4. The summed E-state index contributed by atoms with van der Waals surface area (Å²) >= 11 is 6.13. The Morgan fingerprint density at radius 3 is 2.51 bits per heavy atom. The normalized spacial score (nSPS) is 14.3. The van der Waals surface area contributed by atoms with Gasteiger partial charge >= 0.3 is 5.97 Å². The molecule has 3 aromatic rings. The maximum Gasteiger partial charge on any atom is 0.343 e. The van der Waals surface area contributed by atoms with Gasteiger partial charge in [0.1, 0.15) is 34.6 Å². The molecule has 0 amide bonds. The number of unbranched alkanes of at least 4 members (excludes halogenated alkanes) is 2. The molecule has 1 unspecified atom stereocenters. The first-order chi connectivity index (χ1) is 17.9. The van der Waals surface area contributed by atoms with Gasteiger partial charge in [0, 0.05) is 11.6 Å². The number of nitrogens with zero attached hydrogens (tertiary/aromatic N) is 1. The lowest BCUT2D eigenvalue weighted by atomic mass is 9.83. The lowest BCUT2D eigenvalue weighted by Gasteiger charge is -2.26. The highest BCUT2D eigenvalue weighted by Gasteiger charge is 2.31. The summed E-state index contributed by atoms with van der Waals surface area (Å²) in [7, 11) is 1.49. The highest BCUT2D eigenvalue weighted by molar-refractivity contribution is 6.32. The fourth-order valence-corrected chi connectivity index (χ4v) is 4.36. The lowest BCUT2D eigenvalue weighted by molar-refractivity contribution is 0.0734. The standard InChI is InChI=1S/C29H27ClN2O5/c1-3-4-5-14-35-20-9-6-18(7-10-20)27-22-12-11-21(16-26(22)37-28(32)23(27)17-31)36-29(33)19-8-13-25(34-2)24(30)15-19/h6-13,15-16,27H,3-5,14,32H2,1-2H3. The molecular formula is C29H27ClN2O5. The highest BCUT2D eigenvalue weighted by Crippen LogP contribution is 2.43. The Morgan fingerprint density at radius 1 is 1.08 bits per heavy atom. The molecule has 190 valence electrons. The first kappa shape index (κ1) is 25.9. The van der Waals surface area contributed by atoms with Crippen LogP contribution in [0.2, 0.25) is 5.02 Å². The largest absolute Gasteiger partial charge is 0.495 e. The van der Waals surface area contributed by atoms with Crippen LogP contribution in [0.3, 0.4) is 0 Å². The van der Waals surface area contributed by atoms with Gasteiger partial charge in [0.15, 0.2) is 0 Å². The zero-order chi connectivity index (χ0) is 26.4. The maximum absolute atomic E-state index is 12.7. The number of allylic oxidation sites excluding steroid dienone is 1. The average molecular weight is 519 g/mol. The number of methoxy groups -OCH3 is 1. The van der Waals surface area contributed by atoms with Crippen molar-refractivity contribution < 1.29 is 23.7 Å². The first-order valence-electron chi connectivity index (χ1n) is 11.9. The van der Waals surface area contributed by atoms with Crippen molar-refractivity contribution in [3.63, 3.8) is 0 Å². The van der Waals surface area contributed by atoms with Gasteiger partial charge < -0.3 is 24.7 Å². The SMILES string of the molecule is CCCCCOc1ccc(C2C(C#N)=C(N)Oc3cc(OC(=O)c4ccc(OC)c(Cl)c4)ccc32)cc1. The van der Waals surface area contributed by atoms with Gasteiger partial charge in [0.25, 0.3) is 0 Å². The quantitative estimate of drug-likeness (QED) is 0.200. The highest BCUT2D eigenvalue weighted by atomic mass is 35.5. The minimum atomic E-state index is -0.590. The fourth-order valence-electron chi connectivity index (χ4n) is 4.10. The van der Waals surface area contributed by atoms with E-state index in [4.69, 9.17) is 36.3 Å².